The molecule has 0 bridgehead atoms. The quantitative estimate of drug-likeness (QED) is 0.0918. The van der Waals surface area contributed by atoms with E-state index in [1.165, 1.54) is 31.4 Å². The number of rotatable bonds is 15. The van der Waals surface area contributed by atoms with Crippen molar-refractivity contribution in [2.24, 2.45) is 0 Å². The van der Waals surface area contributed by atoms with Crippen LogP contribution in [0.4, 0.5) is 0 Å². The number of nitrogens with one attached hydrogen (secondary N) is 3. The molecule has 3 atom stereocenters. The summed E-state index contributed by atoms with van der Waals surface area (Å²) in [4.78, 5) is 67.5. The van der Waals surface area contributed by atoms with Gasteiger partial charge in [0.05, 0.1) is 43.1 Å². The van der Waals surface area contributed by atoms with Crippen LogP contribution in [-0.4, -0.2) is 91.5 Å². The molecule has 3 aromatic rings. The fourth-order valence-corrected chi connectivity index (χ4v) is 5.13. The van der Waals surface area contributed by atoms with Gasteiger partial charge in [0.1, 0.15) is 23.0 Å². The van der Waals surface area contributed by atoms with Gasteiger partial charge >= 0.3 is 17.9 Å². The van der Waals surface area contributed by atoms with E-state index in [4.69, 9.17) is 20.1 Å². The van der Waals surface area contributed by atoms with Crippen LogP contribution in [0.15, 0.2) is 48.5 Å². The Bertz CT molecular complexity index is 1890. The summed E-state index contributed by atoms with van der Waals surface area (Å²) in [6.07, 6.45) is -0.498. The van der Waals surface area contributed by atoms with Crippen molar-refractivity contribution in [3.05, 3.63) is 81.9 Å². The highest BCUT2D eigenvalue weighted by atomic mass is 16.5. The largest absolute Gasteiger partial charge is 0.507 e. The van der Waals surface area contributed by atoms with Crippen LogP contribution in [0.3, 0.4) is 0 Å². The Morgan fingerprint density at radius 1 is 0.561 bits per heavy atom. The summed E-state index contributed by atoms with van der Waals surface area (Å²) in [6.45, 7) is 14.5. The van der Waals surface area contributed by atoms with Crippen LogP contribution in [0.2, 0.25) is 0 Å². The second-order valence-corrected chi connectivity index (χ2v) is 14.1. The number of methoxy groups -OCH3 is 1. The number of phenolic OH excluding ortho intramolecular Hbond substituents is 3. The average Bonchev–Trinajstić information content (AvgIpc) is 3.08. The first-order chi connectivity index (χ1) is 26.5. The number of carbonyl (C=O) groups excluding carboxylic acids is 3. The molecule has 3 amide bonds. The Hall–Kier alpha value is -6.32. The van der Waals surface area contributed by atoms with Crippen molar-refractivity contribution in [1.29, 1.82) is 0 Å². The van der Waals surface area contributed by atoms with Gasteiger partial charge in [-0.25, -0.2) is 0 Å². The van der Waals surface area contributed by atoms with E-state index >= 15 is 0 Å². The number of benzene rings is 3. The third kappa shape index (κ3) is 16.9. The van der Waals surface area contributed by atoms with E-state index in [1.807, 2.05) is 33.8 Å². The number of amides is 3. The summed E-state index contributed by atoms with van der Waals surface area (Å²) in [5.74, 6) is -4.01. The first-order valence-corrected chi connectivity index (χ1v) is 18.1. The van der Waals surface area contributed by atoms with Gasteiger partial charge in [0, 0.05) is 18.1 Å². The predicted octanol–water partition coefficient (Wildman–Crippen LogP) is 5.52. The van der Waals surface area contributed by atoms with Gasteiger partial charge in [-0.2, -0.15) is 0 Å². The molecule has 0 aliphatic rings. The van der Waals surface area contributed by atoms with E-state index < -0.39 is 53.8 Å². The number of aryl methyl sites for hydroxylation is 1. The zero-order valence-electron chi connectivity index (χ0n) is 33.7. The van der Waals surface area contributed by atoms with Crippen molar-refractivity contribution >= 4 is 35.6 Å². The summed E-state index contributed by atoms with van der Waals surface area (Å²) >= 11 is 0. The molecule has 0 saturated carbocycles. The van der Waals surface area contributed by atoms with E-state index in [0.29, 0.717) is 5.75 Å². The Balaban J connectivity index is 0.000000432. The second-order valence-electron chi connectivity index (χ2n) is 14.1. The number of ether oxygens (including phenoxy) is 1. The van der Waals surface area contributed by atoms with Crippen LogP contribution in [0.1, 0.15) is 127 Å². The number of hydrogen-bond acceptors (Lipinski definition) is 10. The van der Waals surface area contributed by atoms with Crippen LogP contribution in [-0.2, 0) is 14.4 Å². The van der Waals surface area contributed by atoms with E-state index in [1.54, 1.807) is 45.9 Å². The third-order valence-electron chi connectivity index (χ3n) is 8.11. The SMILES string of the molecule is CC(CC(=O)O)NC(=O)c1cc(C(C)C)cc(C(C)C)c1O.COc1ccc(O)c(C(=O)NC(C)CC(=O)O)c1.Cc1ccc(O)c(C(=O)NC(C)CC(=O)O)c1. The van der Waals surface area contributed by atoms with Gasteiger partial charge in [0.15, 0.2) is 0 Å². The fraction of sp³-hybridized carbons (Fsp3) is 0.415. The number of phenols is 3. The number of aliphatic carboxylic acids is 3. The van der Waals surface area contributed by atoms with Crippen molar-refractivity contribution in [1.82, 2.24) is 16.0 Å². The number of carboxylic acid groups (broad SMARTS) is 3. The molecular formula is C41H55N3O13. The van der Waals surface area contributed by atoms with E-state index in [-0.39, 0.29) is 65.0 Å². The summed E-state index contributed by atoms with van der Waals surface area (Å²) in [5.41, 5.74) is 2.94. The molecule has 0 heterocycles. The maximum Gasteiger partial charge on any atom is 0.305 e. The van der Waals surface area contributed by atoms with E-state index in [9.17, 15) is 44.1 Å². The molecule has 3 unspecified atom stereocenters. The van der Waals surface area contributed by atoms with Gasteiger partial charge in [-0.05, 0) is 87.1 Å². The van der Waals surface area contributed by atoms with Crippen molar-refractivity contribution in [2.45, 2.75) is 105 Å². The molecule has 16 nitrogen and oxygen atoms in total. The molecule has 3 rings (SSSR count). The molecule has 3 aromatic carbocycles. The molecule has 0 fully saturated rings. The van der Waals surface area contributed by atoms with Crippen molar-refractivity contribution in [2.75, 3.05) is 7.11 Å². The lowest BCUT2D eigenvalue weighted by molar-refractivity contribution is -0.138. The molecule has 312 valence electrons. The summed E-state index contributed by atoms with van der Waals surface area (Å²) in [6, 6.07) is 11.0. The minimum atomic E-state index is -1.00. The van der Waals surface area contributed by atoms with Crippen LogP contribution in [0, 0.1) is 6.92 Å². The average molecular weight is 798 g/mol. The van der Waals surface area contributed by atoms with Gasteiger partial charge in [-0.15, -0.1) is 0 Å². The van der Waals surface area contributed by atoms with E-state index in [2.05, 4.69) is 16.0 Å². The third-order valence-corrected chi connectivity index (χ3v) is 8.11. The molecule has 0 aliphatic heterocycles. The predicted molar refractivity (Wildman–Crippen MR) is 211 cm³/mol. The molecule has 16 heteroatoms. The van der Waals surface area contributed by atoms with Crippen molar-refractivity contribution in [3.63, 3.8) is 0 Å². The highest BCUT2D eigenvalue weighted by molar-refractivity contribution is 5.99. The lowest BCUT2D eigenvalue weighted by Gasteiger charge is -2.18. The minimum Gasteiger partial charge on any atom is -0.507 e. The monoisotopic (exact) mass is 797 g/mol. The first-order valence-electron chi connectivity index (χ1n) is 18.1. The van der Waals surface area contributed by atoms with Gasteiger partial charge in [-0.3, -0.25) is 28.8 Å². The molecule has 0 spiro atoms. The smallest absolute Gasteiger partial charge is 0.305 e. The maximum atomic E-state index is 12.3. The molecule has 0 aliphatic carbocycles. The van der Waals surface area contributed by atoms with Crippen LogP contribution in [0.5, 0.6) is 23.0 Å². The van der Waals surface area contributed by atoms with Gasteiger partial charge in [0.2, 0.25) is 0 Å². The topological polar surface area (TPSA) is 269 Å². The first kappa shape index (κ1) is 48.7. The number of carboxylic acids is 3. The Labute approximate surface area is 331 Å². The summed E-state index contributed by atoms with van der Waals surface area (Å²) in [5, 5.41) is 63.0. The van der Waals surface area contributed by atoms with Gasteiger partial charge < -0.3 is 51.3 Å². The van der Waals surface area contributed by atoms with Crippen molar-refractivity contribution < 1.29 is 64.1 Å². The zero-order chi connectivity index (χ0) is 43.7. The number of aromatic hydroxyl groups is 3. The molecule has 0 radical (unpaired) electrons. The number of carbonyl (C=O) groups is 6. The number of hydrogen-bond donors (Lipinski definition) is 9. The normalized spacial score (nSPS) is 12.1. The molecular weight excluding hydrogens is 742 g/mol. The van der Waals surface area contributed by atoms with Crippen LogP contribution in [0.25, 0.3) is 0 Å². The highest BCUT2D eigenvalue weighted by Crippen LogP contribution is 2.33. The molecule has 0 aromatic heterocycles. The Kier molecular flexibility index (Phi) is 19.6. The van der Waals surface area contributed by atoms with E-state index in [0.717, 1.165) is 16.7 Å². The second kappa shape index (κ2) is 22.9. The van der Waals surface area contributed by atoms with Crippen molar-refractivity contribution in [3.8, 4) is 23.0 Å². The van der Waals surface area contributed by atoms with Crippen LogP contribution >= 0.6 is 0 Å². The molecule has 0 saturated heterocycles. The standard InChI is InChI=1S/C17H25NO4.C12H15NO5.C12H15NO4/c1-9(2)12-7-13(10(3)4)16(21)14(8-12)17(22)18-11(5)6-15(19)20;1-7(5-11(15)16)13-12(17)9-6-8(18-2)3-4-10(9)14;1-7-3-4-10(14)9(5-7)12(17)13-8(2)6-11(15)16/h7-11,21H,6H2,1-5H3,(H,18,22)(H,19,20);3-4,6-7,14H,5H2,1-2H3,(H,13,17)(H,15,16);3-5,8,14H,6H2,1-2H3,(H,13,17)(H,15,16). The van der Waals surface area contributed by atoms with Gasteiger partial charge in [-0.1, -0.05) is 45.4 Å². The molecule has 57 heavy (non-hydrogen) atoms. The fourth-order valence-electron chi connectivity index (χ4n) is 5.13. The zero-order valence-corrected chi connectivity index (χ0v) is 33.7. The highest BCUT2D eigenvalue weighted by Gasteiger charge is 2.21. The Morgan fingerprint density at radius 2 is 0.965 bits per heavy atom. The lowest BCUT2D eigenvalue weighted by Crippen LogP contribution is -2.34. The lowest BCUT2D eigenvalue weighted by atomic mass is 9.91. The Morgan fingerprint density at radius 3 is 1.35 bits per heavy atom. The summed E-state index contributed by atoms with van der Waals surface area (Å²) < 4.78 is 4.94. The van der Waals surface area contributed by atoms with Crippen LogP contribution < -0.4 is 20.7 Å². The molecule has 9 N–H and O–H groups in total. The maximum absolute atomic E-state index is 12.3. The minimum absolute atomic E-state index is 0.0283. The van der Waals surface area contributed by atoms with Gasteiger partial charge in [0.25, 0.3) is 17.7 Å². The summed E-state index contributed by atoms with van der Waals surface area (Å²) in [7, 11) is 1.45.